The van der Waals surface area contributed by atoms with E-state index in [0.717, 1.165) is 21.2 Å². The van der Waals surface area contributed by atoms with Crippen molar-refractivity contribution in [1.82, 2.24) is 9.88 Å². The molecule has 0 aliphatic carbocycles. The summed E-state index contributed by atoms with van der Waals surface area (Å²) in [4.78, 5) is 32.7. The molecule has 0 fully saturated rings. The summed E-state index contributed by atoms with van der Waals surface area (Å²) in [7, 11) is 0. The van der Waals surface area contributed by atoms with E-state index in [1.54, 1.807) is 35.5 Å². The number of amides is 1. The average Bonchev–Trinajstić information content (AvgIpc) is 3.02. The second kappa shape index (κ2) is 7.22. The van der Waals surface area contributed by atoms with Crippen LogP contribution in [0.15, 0.2) is 80.7 Å². The van der Waals surface area contributed by atoms with E-state index >= 15 is 0 Å². The van der Waals surface area contributed by atoms with Gasteiger partial charge in [-0.1, -0.05) is 51.8 Å². The van der Waals surface area contributed by atoms with Crippen molar-refractivity contribution in [1.29, 1.82) is 0 Å². The first-order valence-electron chi connectivity index (χ1n) is 9.55. The Bertz CT molecular complexity index is 1330. The number of hydrogen-bond acceptors (Lipinski definition) is 4. The number of carbonyl (C=O) groups excluding carboxylic acids is 1. The molecule has 30 heavy (non-hydrogen) atoms. The predicted molar refractivity (Wildman–Crippen MR) is 117 cm³/mol. The summed E-state index contributed by atoms with van der Waals surface area (Å²) in [5.74, 6) is -0.175. The van der Waals surface area contributed by atoms with Gasteiger partial charge in [0.05, 0.1) is 17.0 Å². The first-order valence-corrected chi connectivity index (χ1v) is 10.3. The minimum atomic E-state index is -0.520. The zero-order valence-corrected chi connectivity index (χ0v) is 17.7. The van der Waals surface area contributed by atoms with Crippen LogP contribution in [0.2, 0.25) is 0 Å². The topological polar surface area (TPSA) is 63.4 Å². The summed E-state index contributed by atoms with van der Waals surface area (Å²) in [5.41, 5.74) is 3.48. The van der Waals surface area contributed by atoms with Crippen LogP contribution in [-0.4, -0.2) is 15.8 Å². The first-order chi connectivity index (χ1) is 14.5. The van der Waals surface area contributed by atoms with Crippen molar-refractivity contribution in [3.8, 4) is 0 Å². The molecule has 1 unspecified atom stereocenters. The summed E-state index contributed by atoms with van der Waals surface area (Å²) in [6, 6.07) is 16.4. The Kier molecular flexibility index (Phi) is 4.51. The van der Waals surface area contributed by atoms with Gasteiger partial charge in [0.25, 0.3) is 5.91 Å². The third-order valence-corrected chi connectivity index (χ3v) is 5.89. The van der Waals surface area contributed by atoms with Crippen molar-refractivity contribution in [3.63, 3.8) is 0 Å². The van der Waals surface area contributed by atoms with Gasteiger partial charge in [0, 0.05) is 23.4 Å². The molecule has 5 nitrogen and oxygen atoms in total. The summed E-state index contributed by atoms with van der Waals surface area (Å²) in [5, 5.41) is 0.455. The molecule has 1 atom stereocenters. The lowest BCUT2D eigenvalue weighted by Gasteiger charge is -2.25. The van der Waals surface area contributed by atoms with Crippen molar-refractivity contribution in [2.24, 2.45) is 0 Å². The first kappa shape index (κ1) is 18.8. The number of fused-ring (bicyclic) bond motifs is 2. The summed E-state index contributed by atoms with van der Waals surface area (Å²) in [6.07, 6.45) is 3.42. The van der Waals surface area contributed by atoms with Gasteiger partial charge in [0.1, 0.15) is 5.58 Å². The maximum Gasteiger partial charge on any atom is 0.291 e. The molecule has 0 saturated heterocycles. The van der Waals surface area contributed by atoms with Gasteiger partial charge in [-0.05, 0) is 42.3 Å². The molecule has 2 aromatic heterocycles. The van der Waals surface area contributed by atoms with Crippen LogP contribution in [0.3, 0.4) is 0 Å². The monoisotopic (exact) mass is 460 g/mol. The Morgan fingerprint density at radius 2 is 1.90 bits per heavy atom. The number of aromatic nitrogens is 1. The number of hydrogen-bond donors (Lipinski definition) is 0. The number of pyridine rings is 1. The molecule has 6 heteroatoms. The summed E-state index contributed by atoms with van der Waals surface area (Å²) in [6.45, 7) is 2.33. The van der Waals surface area contributed by atoms with Crippen LogP contribution < -0.4 is 5.43 Å². The van der Waals surface area contributed by atoms with Crippen LogP contribution in [0.5, 0.6) is 0 Å². The predicted octanol–water partition coefficient (Wildman–Crippen LogP) is 5.00. The zero-order valence-electron chi connectivity index (χ0n) is 16.1. The van der Waals surface area contributed by atoms with E-state index in [0.29, 0.717) is 23.1 Å². The van der Waals surface area contributed by atoms with E-state index in [4.69, 9.17) is 4.42 Å². The number of halogens is 1. The van der Waals surface area contributed by atoms with Crippen molar-refractivity contribution in [3.05, 3.63) is 110 Å². The molecule has 4 aromatic rings. The van der Waals surface area contributed by atoms with Gasteiger partial charge in [-0.2, -0.15) is 0 Å². The van der Waals surface area contributed by atoms with Crippen LogP contribution in [0.25, 0.3) is 11.0 Å². The van der Waals surface area contributed by atoms with Crippen molar-refractivity contribution < 1.29 is 9.21 Å². The molecule has 0 saturated carbocycles. The number of carbonyl (C=O) groups is 1. The van der Waals surface area contributed by atoms with Gasteiger partial charge in [0.15, 0.2) is 5.43 Å². The number of nitrogens with zero attached hydrogens (tertiary/aromatic N) is 2. The van der Waals surface area contributed by atoms with E-state index in [1.165, 1.54) is 0 Å². The largest absolute Gasteiger partial charge is 0.450 e. The normalized spacial score (nSPS) is 15.6. The highest BCUT2D eigenvalue weighted by atomic mass is 79.9. The fourth-order valence-electron chi connectivity index (χ4n) is 3.94. The highest BCUT2D eigenvalue weighted by molar-refractivity contribution is 9.10. The maximum atomic E-state index is 13.5. The van der Waals surface area contributed by atoms with Gasteiger partial charge >= 0.3 is 0 Å². The SMILES string of the molecule is Cc1ccc(C2c3c(oc4ccc(Br)cc4c3=O)C(=O)N2Cc2cccnc2)cc1. The zero-order chi connectivity index (χ0) is 20.8. The maximum absolute atomic E-state index is 13.5. The van der Waals surface area contributed by atoms with E-state index < -0.39 is 6.04 Å². The van der Waals surface area contributed by atoms with Gasteiger partial charge in [0.2, 0.25) is 5.76 Å². The fraction of sp³-hybridized carbons (Fsp3) is 0.125. The van der Waals surface area contributed by atoms with Gasteiger partial charge in [-0.3, -0.25) is 14.6 Å². The second-order valence-electron chi connectivity index (χ2n) is 7.42. The van der Waals surface area contributed by atoms with Crippen LogP contribution in [0.1, 0.15) is 38.9 Å². The Labute approximate surface area is 181 Å². The van der Waals surface area contributed by atoms with Gasteiger partial charge in [-0.15, -0.1) is 0 Å². The Balaban J connectivity index is 1.74. The van der Waals surface area contributed by atoms with E-state index in [-0.39, 0.29) is 17.1 Å². The van der Waals surface area contributed by atoms with Crippen molar-refractivity contribution in [2.75, 3.05) is 0 Å². The molecule has 3 heterocycles. The molecule has 1 amide bonds. The van der Waals surface area contributed by atoms with Crippen LogP contribution in [0, 0.1) is 6.92 Å². The summed E-state index contributed by atoms with van der Waals surface area (Å²) >= 11 is 3.42. The molecule has 1 aliphatic heterocycles. The minimum absolute atomic E-state index is 0.115. The van der Waals surface area contributed by atoms with E-state index in [2.05, 4.69) is 20.9 Å². The molecule has 5 rings (SSSR count). The van der Waals surface area contributed by atoms with Gasteiger partial charge < -0.3 is 9.32 Å². The average molecular weight is 461 g/mol. The highest BCUT2D eigenvalue weighted by Crippen LogP contribution is 2.39. The molecular formula is C24H17BrN2O3. The molecule has 0 N–H and O–H groups in total. The lowest BCUT2D eigenvalue weighted by atomic mass is 9.97. The fourth-order valence-corrected chi connectivity index (χ4v) is 4.30. The molecule has 148 valence electrons. The minimum Gasteiger partial charge on any atom is -0.450 e. The third kappa shape index (κ3) is 3.04. The van der Waals surface area contributed by atoms with Crippen LogP contribution in [0.4, 0.5) is 0 Å². The molecule has 0 spiro atoms. The smallest absolute Gasteiger partial charge is 0.291 e. The second-order valence-corrected chi connectivity index (χ2v) is 8.34. The molecule has 2 aromatic carbocycles. The summed E-state index contributed by atoms with van der Waals surface area (Å²) < 4.78 is 6.75. The Morgan fingerprint density at radius 1 is 1.10 bits per heavy atom. The van der Waals surface area contributed by atoms with E-state index in [9.17, 15) is 9.59 Å². The Morgan fingerprint density at radius 3 is 2.63 bits per heavy atom. The lowest BCUT2D eigenvalue weighted by molar-refractivity contribution is 0.0714. The molecule has 0 bridgehead atoms. The lowest BCUT2D eigenvalue weighted by Crippen LogP contribution is -2.29. The highest BCUT2D eigenvalue weighted by Gasteiger charge is 2.42. The molecule has 0 radical (unpaired) electrons. The van der Waals surface area contributed by atoms with Crippen molar-refractivity contribution >= 4 is 32.8 Å². The third-order valence-electron chi connectivity index (χ3n) is 5.40. The number of rotatable bonds is 3. The Hall–Kier alpha value is -3.25. The number of aryl methyl sites for hydroxylation is 1. The number of benzene rings is 2. The van der Waals surface area contributed by atoms with Gasteiger partial charge in [-0.25, -0.2) is 0 Å². The van der Waals surface area contributed by atoms with Crippen LogP contribution >= 0.6 is 15.9 Å². The van der Waals surface area contributed by atoms with Crippen LogP contribution in [-0.2, 0) is 6.54 Å². The standard InChI is InChI=1S/C24H17BrN2O3/c1-14-4-6-16(7-5-14)21-20-22(28)18-11-17(25)8-9-19(18)30-23(20)24(29)27(21)13-15-3-2-10-26-12-15/h2-12,21H,13H2,1H3. The van der Waals surface area contributed by atoms with Crippen molar-refractivity contribution in [2.45, 2.75) is 19.5 Å². The van der Waals surface area contributed by atoms with E-state index in [1.807, 2.05) is 43.3 Å². The quantitative estimate of drug-likeness (QED) is 0.431. The molecular weight excluding hydrogens is 444 g/mol. The molecule has 1 aliphatic rings.